The van der Waals surface area contributed by atoms with Crippen LogP contribution in [0.4, 0.5) is 4.39 Å². The molecule has 5 heteroatoms. The highest BCUT2D eigenvalue weighted by atomic mass is 35.5. The first-order valence-corrected chi connectivity index (χ1v) is 4.76. The van der Waals surface area contributed by atoms with Gasteiger partial charge in [-0.15, -0.1) is 11.6 Å². The molecule has 0 spiro atoms. The van der Waals surface area contributed by atoms with Crippen molar-refractivity contribution in [1.82, 2.24) is 0 Å². The van der Waals surface area contributed by atoms with Crippen LogP contribution in [-0.2, 0) is 0 Å². The van der Waals surface area contributed by atoms with Crippen LogP contribution in [0.25, 0.3) is 0 Å². The fraction of sp³-hybridized carbons (Fsp3) is 0.300. The van der Waals surface area contributed by atoms with Gasteiger partial charge in [0.2, 0.25) is 0 Å². The first kappa shape index (κ1) is 11.9. The van der Waals surface area contributed by atoms with Gasteiger partial charge >= 0.3 is 0 Å². The van der Waals surface area contributed by atoms with Crippen LogP contribution in [-0.4, -0.2) is 22.2 Å². The van der Waals surface area contributed by atoms with Gasteiger partial charge in [0.05, 0.1) is 17.5 Å². The summed E-state index contributed by atoms with van der Waals surface area (Å²) in [5.74, 6) is -1.03. The number of alkyl halides is 1. The molecule has 15 heavy (non-hydrogen) atoms. The quantitative estimate of drug-likeness (QED) is 0.769. The number of rotatable bonds is 3. The molecule has 0 aliphatic rings. The number of nitrogens with zero attached hydrogens (tertiary/aromatic N) is 1. The van der Waals surface area contributed by atoms with E-state index in [9.17, 15) is 14.6 Å². The van der Waals surface area contributed by atoms with Crippen LogP contribution in [0.5, 0.6) is 0 Å². The molecule has 0 aliphatic heterocycles. The van der Waals surface area contributed by atoms with E-state index in [1.807, 2.05) is 0 Å². The zero-order valence-corrected chi connectivity index (χ0v) is 8.45. The fourth-order valence-corrected chi connectivity index (χ4v) is 1.33. The second kappa shape index (κ2) is 5.08. The molecule has 0 amide bonds. The first-order chi connectivity index (χ1) is 7.11. The molecule has 0 saturated heterocycles. The summed E-state index contributed by atoms with van der Waals surface area (Å²) in [6.07, 6.45) is -2.68. The van der Waals surface area contributed by atoms with E-state index in [1.54, 1.807) is 6.07 Å². The van der Waals surface area contributed by atoms with E-state index < -0.39 is 18.0 Å². The average Bonchev–Trinajstić information content (AvgIpc) is 2.27. The second-order valence-corrected chi connectivity index (χ2v) is 3.30. The van der Waals surface area contributed by atoms with E-state index in [-0.39, 0.29) is 17.0 Å². The van der Waals surface area contributed by atoms with Crippen molar-refractivity contribution in [1.29, 1.82) is 5.26 Å². The van der Waals surface area contributed by atoms with Crippen molar-refractivity contribution in [2.75, 3.05) is 5.88 Å². The summed E-state index contributed by atoms with van der Waals surface area (Å²) in [5, 5.41) is 27.3. The van der Waals surface area contributed by atoms with Gasteiger partial charge in [-0.05, 0) is 6.07 Å². The zero-order valence-electron chi connectivity index (χ0n) is 7.69. The van der Waals surface area contributed by atoms with Crippen molar-refractivity contribution in [3.63, 3.8) is 0 Å². The van der Waals surface area contributed by atoms with Gasteiger partial charge < -0.3 is 10.2 Å². The van der Waals surface area contributed by atoms with E-state index in [0.29, 0.717) is 0 Å². The molecule has 1 aromatic rings. The number of benzene rings is 1. The predicted octanol–water partition coefficient (Wildman–Crippen LogP) is 1.33. The van der Waals surface area contributed by atoms with E-state index >= 15 is 0 Å². The molecule has 1 rings (SSSR count). The highest BCUT2D eigenvalue weighted by Crippen LogP contribution is 2.22. The Morgan fingerprint density at radius 3 is 2.67 bits per heavy atom. The molecular formula is C10H9ClFNO2. The monoisotopic (exact) mass is 229 g/mol. The molecule has 0 fully saturated rings. The minimum atomic E-state index is -1.42. The molecule has 0 radical (unpaired) electrons. The number of aliphatic hydroxyl groups excluding tert-OH is 2. The molecule has 0 aromatic heterocycles. The van der Waals surface area contributed by atoms with Crippen molar-refractivity contribution >= 4 is 11.6 Å². The van der Waals surface area contributed by atoms with E-state index in [2.05, 4.69) is 0 Å². The predicted molar refractivity (Wildman–Crippen MR) is 52.8 cm³/mol. The largest absolute Gasteiger partial charge is 0.389 e. The summed E-state index contributed by atoms with van der Waals surface area (Å²) in [7, 11) is 0. The molecule has 3 nitrogen and oxygen atoms in total. The third kappa shape index (κ3) is 2.45. The average molecular weight is 230 g/mol. The first-order valence-electron chi connectivity index (χ1n) is 4.22. The zero-order chi connectivity index (χ0) is 11.4. The van der Waals surface area contributed by atoms with Crippen molar-refractivity contribution in [3.8, 4) is 6.07 Å². The lowest BCUT2D eigenvalue weighted by molar-refractivity contribution is 0.0304. The van der Waals surface area contributed by atoms with Crippen LogP contribution in [0.15, 0.2) is 18.2 Å². The molecule has 0 aliphatic carbocycles. The number of aliphatic hydroxyl groups is 2. The van der Waals surface area contributed by atoms with Gasteiger partial charge in [-0.3, -0.25) is 0 Å². The Morgan fingerprint density at radius 2 is 2.13 bits per heavy atom. The summed E-state index contributed by atoms with van der Waals surface area (Å²) in [6.45, 7) is 0. The number of nitriles is 1. The Balaban J connectivity index is 3.10. The van der Waals surface area contributed by atoms with Crippen molar-refractivity contribution < 1.29 is 14.6 Å². The van der Waals surface area contributed by atoms with Crippen molar-refractivity contribution in [3.05, 3.63) is 35.1 Å². The molecule has 2 unspecified atom stereocenters. The minimum absolute atomic E-state index is 0.123. The number of hydrogen-bond donors (Lipinski definition) is 2. The molecule has 0 bridgehead atoms. The summed E-state index contributed by atoms with van der Waals surface area (Å²) < 4.78 is 13.5. The third-order valence-corrected chi connectivity index (χ3v) is 2.31. The Bertz CT molecular complexity index is 391. The van der Waals surface area contributed by atoms with Gasteiger partial charge in [-0.1, -0.05) is 12.1 Å². The molecule has 0 heterocycles. The van der Waals surface area contributed by atoms with E-state index in [0.717, 1.165) is 0 Å². The number of halogens is 2. The van der Waals surface area contributed by atoms with Crippen LogP contribution in [0.3, 0.4) is 0 Å². The Morgan fingerprint density at radius 1 is 1.47 bits per heavy atom. The topological polar surface area (TPSA) is 64.2 Å². The lowest BCUT2D eigenvalue weighted by Gasteiger charge is -2.16. The normalized spacial score (nSPS) is 14.3. The number of hydrogen-bond acceptors (Lipinski definition) is 3. The lowest BCUT2D eigenvalue weighted by Crippen LogP contribution is -2.21. The highest BCUT2D eigenvalue weighted by Gasteiger charge is 2.21. The van der Waals surface area contributed by atoms with Crippen LogP contribution < -0.4 is 0 Å². The minimum Gasteiger partial charge on any atom is -0.389 e. The summed E-state index contributed by atoms with van der Waals surface area (Å²) >= 11 is 5.33. The molecule has 0 saturated carbocycles. The molecular weight excluding hydrogens is 221 g/mol. The van der Waals surface area contributed by atoms with Crippen molar-refractivity contribution in [2.45, 2.75) is 12.2 Å². The van der Waals surface area contributed by atoms with Crippen LogP contribution in [0.2, 0.25) is 0 Å². The third-order valence-electron chi connectivity index (χ3n) is 1.99. The second-order valence-electron chi connectivity index (χ2n) is 2.99. The van der Waals surface area contributed by atoms with Gasteiger partial charge in [0.1, 0.15) is 18.0 Å². The smallest absolute Gasteiger partial charge is 0.146 e. The van der Waals surface area contributed by atoms with Gasteiger partial charge in [-0.2, -0.15) is 5.26 Å². The summed E-state index contributed by atoms with van der Waals surface area (Å²) in [4.78, 5) is 0. The van der Waals surface area contributed by atoms with Gasteiger partial charge in [0.15, 0.2) is 0 Å². The molecule has 1 aromatic carbocycles. The van der Waals surface area contributed by atoms with Crippen LogP contribution in [0.1, 0.15) is 17.2 Å². The van der Waals surface area contributed by atoms with E-state index in [4.69, 9.17) is 16.9 Å². The summed E-state index contributed by atoms with van der Waals surface area (Å²) in [6, 6.07) is 5.67. The SMILES string of the molecule is N#Cc1cccc(C(O)C(O)CCl)c1F. The maximum atomic E-state index is 13.5. The Labute approximate surface area is 91.3 Å². The highest BCUT2D eigenvalue weighted by molar-refractivity contribution is 6.18. The van der Waals surface area contributed by atoms with Crippen LogP contribution >= 0.6 is 11.6 Å². The van der Waals surface area contributed by atoms with Gasteiger partial charge in [0, 0.05) is 5.56 Å². The lowest BCUT2D eigenvalue weighted by atomic mass is 10.0. The maximum absolute atomic E-state index is 13.5. The molecule has 2 N–H and O–H groups in total. The fourth-order valence-electron chi connectivity index (χ4n) is 1.16. The maximum Gasteiger partial charge on any atom is 0.146 e. The molecule has 80 valence electrons. The summed E-state index contributed by atoms with van der Waals surface area (Å²) in [5.41, 5.74) is -0.296. The van der Waals surface area contributed by atoms with Crippen LogP contribution in [0, 0.1) is 17.1 Å². The van der Waals surface area contributed by atoms with Gasteiger partial charge in [-0.25, -0.2) is 4.39 Å². The van der Waals surface area contributed by atoms with Gasteiger partial charge in [0.25, 0.3) is 0 Å². The van der Waals surface area contributed by atoms with E-state index in [1.165, 1.54) is 18.2 Å². The molecule has 2 atom stereocenters. The van der Waals surface area contributed by atoms with Crippen molar-refractivity contribution in [2.24, 2.45) is 0 Å². The Hall–Kier alpha value is -1.15. The Kier molecular flexibility index (Phi) is 4.04. The standard InChI is InChI=1S/C10H9ClFNO2/c11-4-8(14)10(15)7-3-1-2-6(5-13)9(7)12/h1-3,8,10,14-15H,4H2.